The first-order chi connectivity index (χ1) is 31.4. The third-order valence-corrected chi connectivity index (χ3v) is 10.9. The van der Waals surface area contributed by atoms with E-state index >= 15 is 0 Å². The number of hydrogen-bond donors (Lipinski definition) is 1. The second-order valence-electron chi connectivity index (χ2n) is 15.3. The van der Waals surface area contributed by atoms with Crippen LogP contribution in [0.25, 0.3) is 0 Å². The van der Waals surface area contributed by atoms with E-state index in [2.05, 4.69) is 0 Å². The highest BCUT2D eigenvalue weighted by atomic mass is 32.2. The molecule has 5 aromatic rings. The Bertz CT molecular complexity index is 2260. The van der Waals surface area contributed by atoms with Gasteiger partial charge in [-0.3, -0.25) is 4.79 Å². The molecule has 0 aliphatic rings. The maximum absolute atomic E-state index is 14.2. The number of phenols is 1. The third kappa shape index (κ3) is 13.2. The van der Waals surface area contributed by atoms with Gasteiger partial charge in [0.25, 0.3) is 0 Å². The predicted octanol–water partition coefficient (Wildman–Crippen LogP) is 12.7. The smallest absolute Gasteiger partial charge is 0.416 e. The normalized spacial score (nSPS) is 13.6. The molecule has 382 valence electrons. The van der Waals surface area contributed by atoms with Crippen LogP contribution >= 0.6 is 0 Å². The van der Waals surface area contributed by atoms with Gasteiger partial charge < -0.3 is 5.11 Å². The Balaban J connectivity index is 0.000000707. The lowest BCUT2D eigenvalue weighted by atomic mass is 9.12. The van der Waals surface area contributed by atoms with Gasteiger partial charge in [0.2, 0.25) is 5.78 Å². The lowest BCUT2D eigenvalue weighted by Crippen LogP contribution is -2.75. The molecular formula is C42H25BF24O2S. The fourth-order valence-electron chi connectivity index (χ4n) is 7.12. The number of hydrogen-bond acceptors (Lipinski definition) is 2. The fraction of sp³-hybridized carbons (Fsp3) is 0.262. The number of halogens is 24. The first-order valence-corrected chi connectivity index (χ1v) is 20.8. The molecule has 0 bridgehead atoms. The monoisotopic (exact) mass is 1060 g/mol. The molecule has 0 saturated carbocycles. The number of alkyl halides is 24. The molecule has 2 nitrogen and oxygen atoms in total. The third-order valence-electron chi connectivity index (χ3n) is 10.1. The van der Waals surface area contributed by atoms with Crippen molar-refractivity contribution >= 4 is 44.7 Å². The summed E-state index contributed by atoms with van der Waals surface area (Å²) in [5, 5.41) is 9.38. The number of carbonyl (C=O) groups excluding carboxylic acids is 1. The van der Waals surface area contributed by atoms with Crippen LogP contribution in [0.4, 0.5) is 105 Å². The number of Topliss-reactive ketones (excluding diaryl/α,β-unsaturated/α-hetero) is 1. The molecule has 0 radical (unpaired) electrons. The largest absolute Gasteiger partial charge is 0.507 e. The van der Waals surface area contributed by atoms with Gasteiger partial charge in [0, 0.05) is 0 Å². The summed E-state index contributed by atoms with van der Waals surface area (Å²) in [6.07, 6.45) is -50.8. The number of benzene rings is 5. The summed E-state index contributed by atoms with van der Waals surface area (Å²) in [6.45, 7) is 0. The number of carbonyl (C=O) groups is 1. The van der Waals surface area contributed by atoms with E-state index in [1.807, 2.05) is 12.5 Å². The van der Waals surface area contributed by atoms with E-state index in [4.69, 9.17) is 0 Å². The molecule has 0 heterocycles. The molecule has 0 aliphatic heterocycles. The first-order valence-electron chi connectivity index (χ1n) is 18.6. The van der Waals surface area contributed by atoms with E-state index < -0.39 is 195 Å². The molecule has 0 amide bonds. The molecule has 70 heavy (non-hydrogen) atoms. The molecule has 5 rings (SSSR count). The van der Waals surface area contributed by atoms with Crippen molar-refractivity contribution in [3.8, 4) is 5.75 Å². The van der Waals surface area contributed by atoms with Gasteiger partial charge in [0.15, 0.2) is 5.75 Å². The van der Waals surface area contributed by atoms with Crippen molar-refractivity contribution in [2.45, 2.75) is 49.4 Å². The summed E-state index contributed by atoms with van der Waals surface area (Å²) in [4.78, 5) is 11.5. The van der Waals surface area contributed by atoms with Gasteiger partial charge in [0.1, 0.15) is 11.9 Å². The van der Waals surface area contributed by atoms with Crippen LogP contribution in [0.15, 0.2) is 97.1 Å². The van der Waals surface area contributed by atoms with Crippen LogP contribution in [0.1, 0.15) is 54.9 Å². The zero-order valence-corrected chi connectivity index (χ0v) is 35.2. The van der Waals surface area contributed by atoms with E-state index in [1.165, 1.54) is 6.07 Å². The number of aromatic hydroxyl groups is 1. The first kappa shape index (κ1) is 56.9. The fourth-order valence-corrected chi connectivity index (χ4v) is 7.80. The average Bonchev–Trinajstić information content (AvgIpc) is 3.18. The van der Waals surface area contributed by atoms with Crippen molar-refractivity contribution in [2.75, 3.05) is 18.3 Å². The van der Waals surface area contributed by atoms with Gasteiger partial charge in [-0.2, -0.15) is 127 Å². The van der Waals surface area contributed by atoms with E-state index in [0.29, 0.717) is 11.3 Å². The maximum Gasteiger partial charge on any atom is 0.416 e. The molecule has 1 N–H and O–H groups in total. The van der Waals surface area contributed by atoms with E-state index in [1.54, 1.807) is 18.2 Å². The summed E-state index contributed by atoms with van der Waals surface area (Å²) < 4.78 is 341. The van der Waals surface area contributed by atoms with Gasteiger partial charge in [0.05, 0.1) is 62.6 Å². The van der Waals surface area contributed by atoms with Crippen molar-refractivity contribution in [3.63, 3.8) is 0 Å². The Kier molecular flexibility index (Phi) is 15.6. The summed E-state index contributed by atoms with van der Waals surface area (Å²) in [6, 6.07) is -2.14. The van der Waals surface area contributed by atoms with Crippen LogP contribution in [0.2, 0.25) is 0 Å². The summed E-state index contributed by atoms with van der Waals surface area (Å²) in [5.41, 5.74) is -29.8. The maximum atomic E-state index is 14.2. The number of phenolic OH excluding ortho intramolecular Hbond substituents is 1. The second kappa shape index (κ2) is 19.1. The number of para-hydroxylation sites is 1. The molecule has 0 spiro atoms. The van der Waals surface area contributed by atoms with Gasteiger partial charge in [-0.15, -0.1) is 0 Å². The highest BCUT2D eigenvalue weighted by molar-refractivity contribution is 7.96. The molecule has 0 atom stereocenters. The minimum atomic E-state index is -6.13. The predicted molar refractivity (Wildman–Crippen MR) is 207 cm³/mol. The minimum Gasteiger partial charge on any atom is -0.507 e. The quantitative estimate of drug-likeness (QED) is 0.0763. The second-order valence-corrected chi connectivity index (χ2v) is 17.6. The summed E-state index contributed by atoms with van der Waals surface area (Å²) in [7, 11) is 0.0849. The van der Waals surface area contributed by atoms with E-state index in [-0.39, 0.29) is 22.4 Å². The van der Waals surface area contributed by atoms with Gasteiger partial charge in [-0.1, -0.05) is 60.7 Å². The van der Waals surface area contributed by atoms with Gasteiger partial charge >= 0.3 is 49.4 Å². The number of rotatable bonds is 7. The van der Waals surface area contributed by atoms with Crippen molar-refractivity contribution < 1.29 is 115 Å². The zero-order chi connectivity index (χ0) is 53.8. The van der Waals surface area contributed by atoms with E-state index in [9.17, 15) is 115 Å². The molecule has 0 fully saturated rings. The zero-order valence-electron chi connectivity index (χ0n) is 34.4. The van der Waals surface area contributed by atoms with Crippen LogP contribution < -0.4 is 21.9 Å². The Morgan fingerprint density at radius 1 is 0.386 bits per heavy atom. The Morgan fingerprint density at radius 3 is 0.757 bits per heavy atom. The topological polar surface area (TPSA) is 37.3 Å². The highest BCUT2D eigenvalue weighted by Crippen LogP contribution is 2.41. The van der Waals surface area contributed by atoms with Crippen molar-refractivity contribution in [1.82, 2.24) is 0 Å². The van der Waals surface area contributed by atoms with Crippen LogP contribution in [0.3, 0.4) is 0 Å². The van der Waals surface area contributed by atoms with Gasteiger partial charge in [-0.05, 0) is 47.3 Å². The Morgan fingerprint density at radius 2 is 0.586 bits per heavy atom. The van der Waals surface area contributed by atoms with Crippen LogP contribution in [-0.4, -0.2) is 35.3 Å². The Hall–Kier alpha value is -5.70. The van der Waals surface area contributed by atoms with Gasteiger partial charge in [-0.25, -0.2) is 0 Å². The molecule has 5 aromatic carbocycles. The molecular weight excluding hydrogens is 1040 g/mol. The lowest BCUT2D eigenvalue weighted by Gasteiger charge is -2.46. The van der Waals surface area contributed by atoms with Crippen molar-refractivity contribution in [3.05, 3.63) is 147 Å². The standard InChI is InChI=1S/C32H12BF24.C10H12O2S/c34-25(35,36)13-1-14(26(37,38)39)6-21(5-13)33(22-7-15(27(40,41)42)2-16(8-22)28(43,44)45,23-9-17(29(46,47)48)3-18(10-23)30(49,50)51)24-11-19(31(52,53)54)4-20(12-24)32(55,56)57;1-13(2)7-10(12)8-5-3-4-6-9(8)11/h1-12H;3-6H,7H2,1-2H3/q-1;/p+1. The molecule has 0 aliphatic carbocycles. The summed E-state index contributed by atoms with van der Waals surface area (Å²) >= 11 is 0. The average molecular weight is 1060 g/mol. The molecule has 0 saturated heterocycles. The van der Waals surface area contributed by atoms with Crippen LogP contribution in [-0.2, 0) is 60.3 Å². The molecule has 28 heteroatoms. The molecule has 0 aromatic heterocycles. The minimum absolute atomic E-state index is 0.0198. The lowest BCUT2D eigenvalue weighted by molar-refractivity contribution is -0.144. The van der Waals surface area contributed by atoms with Crippen LogP contribution in [0.5, 0.6) is 5.75 Å². The Labute approximate surface area is 380 Å². The van der Waals surface area contributed by atoms with E-state index in [0.717, 1.165) is 0 Å². The highest BCUT2D eigenvalue weighted by Gasteiger charge is 2.47. The summed E-state index contributed by atoms with van der Waals surface area (Å²) in [5.74, 6) is 0.613. The number of ketones is 1. The van der Waals surface area contributed by atoms with Crippen molar-refractivity contribution in [2.24, 2.45) is 0 Å². The molecule has 0 unspecified atom stereocenters. The van der Waals surface area contributed by atoms with Crippen LogP contribution in [0, 0.1) is 0 Å². The van der Waals surface area contributed by atoms with Crippen molar-refractivity contribution in [1.29, 1.82) is 0 Å². The SMILES string of the molecule is C[S+](C)CC(=O)c1ccccc1O.FC(F)(F)c1cc([B-](c2cc(C(F)(F)F)cc(C(F)(F)F)c2)(c2cc(C(F)(F)F)cc(C(F)(F)F)c2)c2cc(C(F)(F)F)cc(C(F)(F)F)c2)cc(C(F)(F)F)c1.